The molecule has 0 radical (unpaired) electrons. The number of carbonyl (C=O) groups is 1. The van der Waals surface area contributed by atoms with Crippen LogP contribution >= 0.6 is 0 Å². The summed E-state index contributed by atoms with van der Waals surface area (Å²) in [4.78, 5) is 14.3. The van der Waals surface area contributed by atoms with E-state index in [0.29, 0.717) is 18.1 Å². The Morgan fingerprint density at radius 1 is 1.30 bits per heavy atom. The number of nitrogens with one attached hydrogen (secondary N) is 1. The van der Waals surface area contributed by atoms with Crippen molar-refractivity contribution in [1.29, 1.82) is 0 Å². The second-order valence-corrected chi connectivity index (χ2v) is 7.44. The van der Waals surface area contributed by atoms with Gasteiger partial charge in [-0.05, 0) is 64.7 Å². The minimum absolute atomic E-state index is 0.443. The lowest BCUT2D eigenvalue weighted by molar-refractivity contribution is -0.145. The number of hydrogen-bond acceptors (Lipinski definition) is 3. The van der Waals surface area contributed by atoms with E-state index in [1.54, 1.807) is 0 Å². The Morgan fingerprint density at radius 3 is 2.50 bits per heavy atom. The Bertz CT molecular complexity index is 377. The van der Waals surface area contributed by atoms with Crippen molar-refractivity contribution in [3.05, 3.63) is 0 Å². The van der Waals surface area contributed by atoms with Crippen LogP contribution in [-0.4, -0.2) is 46.2 Å². The van der Waals surface area contributed by atoms with E-state index in [-0.39, 0.29) is 0 Å². The number of hydrogen-bond donors (Lipinski definition) is 2. The molecule has 0 amide bonds. The molecule has 20 heavy (non-hydrogen) atoms. The minimum Gasteiger partial charge on any atom is -0.480 e. The van der Waals surface area contributed by atoms with Crippen LogP contribution in [0.4, 0.5) is 0 Å². The molecule has 4 heteroatoms. The maximum Gasteiger partial charge on any atom is 0.323 e. The summed E-state index contributed by atoms with van der Waals surface area (Å²) in [5.41, 5.74) is -0.650. The largest absolute Gasteiger partial charge is 0.480 e. The van der Waals surface area contributed by atoms with Crippen LogP contribution in [0.5, 0.6) is 0 Å². The van der Waals surface area contributed by atoms with E-state index in [4.69, 9.17) is 0 Å². The second-order valence-electron chi connectivity index (χ2n) is 7.44. The number of nitrogens with zero attached hydrogens (tertiary/aromatic N) is 1. The predicted octanol–water partition coefficient (Wildman–Crippen LogP) is 2.23. The monoisotopic (exact) mass is 280 g/mol. The van der Waals surface area contributed by atoms with E-state index in [2.05, 4.69) is 24.1 Å². The van der Waals surface area contributed by atoms with E-state index in [0.717, 1.165) is 38.0 Å². The molecule has 0 bridgehead atoms. The van der Waals surface area contributed by atoms with Crippen molar-refractivity contribution in [3.63, 3.8) is 0 Å². The van der Waals surface area contributed by atoms with Gasteiger partial charge >= 0.3 is 5.97 Å². The van der Waals surface area contributed by atoms with Crippen molar-refractivity contribution < 1.29 is 9.90 Å². The van der Waals surface area contributed by atoms with Crippen molar-refractivity contribution in [2.45, 2.75) is 82.5 Å². The topological polar surface area (TPSA) is 52.6 Å². The molecule has 2 unspecified atom stereocenters. The summed E-state index contributed by atoms with van der Waals surface area (Å²) in [7, 11) is 0. The molecule has 3 aliphatic carbocycles. The molecule has 4 nitrogen and oxygen atoms in total. The fourth-order valence-electron chi connectivity index (χ4n) is 3.69. The van der Waals surface area contributed by atoms with Gasteiger partial charge in [-0.3, -0.25) is 15.0 Å². The summed E-state index contributed by atoms with van der Waals surface area (Å²) in [6, 6.07) is 1.42. The van der Waals surface area contributed by atoms with Gasteiger partial charge in [0.2, 0.25) is 0 Å². The van der Waals surface area contributed by atoms with Crippen molar-refractivity contribution in [2.24, 2.45) is 5.92 Å². The number of carboxylic acids is 1. The van der Waals surface area contributed by atoms with Crippen LogP contribution in [0.1, 0.15) is 58.8 Å². The van der Waals surface area contributed by atoms with Crippen LogP contribution in [0.2, 0.25) is 0 Å². The summed E-state index contributed by atoms with van der Waals surface area (Å²) in [6.07, 6.45) is 7.62. The Morgan fingerprint density at radius 2 is 2.00 bits per heavy atom. The van der Waals surface area contributed by atoms with Gasteiger partial charge < -0.3 is 5.11 Å². The van der Waals surface area contributed by atoms with Gasteiger partial charge in [-0.1, -0.05) is 0 Å². The number of aliphatic carboxylic acids is 1. The van der Waals surface area contributed by atoms with Gasteiger partial charge in [0.05, 0.1) is 0 Å². The minimum atomic E-state index is -0.650. The summed E-state index contributed by atoms with van der Waals surface area (Å²) >= 11 is 0. The zero-order valence-corrected chi connectivity index (χ0v) is 12.8. The molecule has 2 atom stereocenters. The van der Waals surface area contributed by atoms with E-state index in [9.17, 15) is 9.90 Å². The highest BCUT2D eigenvalue weighted by Crippen LogP contribution is 2.39. The Balaban J connectivity index is 1.66. The molecule has 0 aromatic rings. The SMILES string of the molecule is CC(C)N(CC1CC1)C1CCC(NC2CC2)(C(=O)O)C1. The third-order valence-corrected chi connectivity index (χ3v) is 5.25. The lowest BCUT2D eigenvalue weighted by Crippen LogP contribution is -2.52. The molecule has 0 aromatic heterocycles. The first-order chi connectivity index (χ1) is 9.50. The Kier molecular flexibility index (Phi) is 3.80. The molecular weight excluding hydrogens is 252 g/mol. The first-order valence-electron chi connectivity index (χ1n) is 8.27. The molecule has 0 heterocycles. The van der Waals surface area contributed by atoms with Crippen molar-refractivity contribution in [3.8, 4) is 0 Å². The molecule has 2 N–H and O–H groups in total. The summed E-state index contributed by atoms with van der Waals surface area (Å²) in [6.45, 7) is 5.66. The molecule has 0 saturated heterocycles. The fourth-order valence-corrected chi connectivity index (χ4v) is 3.69. The van der Waals surface area contributed by atoms with Gasteiger partial charge in [-0.15, -0.1) is 0 Å². The molecule has 3 saturated carbocycles. The van der Waals surface area contributed by atoms with E-state index in [1.807, 2.05) is 0 Å². The van der Waals surface area contributed by atoms with Gasteiger partial charge in [-0.25, -0.2) is 0 Å². The normalized spacial score (nSPS) is 34.1. The van der Waals surface area contributed by atoms with Crippen molar-refractivity contribution >= 4 is 5.97 Å². The summed E-state index contributed by atoms with van der Waals surface area (Å²) in [5.74, 6) is 0.232. The highest BCUT2D eigenvalue weighted by atomic mass is 16.4. The molecule has 3 fully saturated rings. The zero-order chi connectivity index (χ0) is 14.3. The van der Waals surface area contributed by atoms with Gasteiger partial charge in [0.1, 0.15) is 5.54 Å². The van der Waals surface area contributed by atoms with Crippen LogP contribution in [0.15, 0.2) is 0 Å². The molecule has 3 rings (SSSR count). The maximum absolute atomic E-state index is 11.8. The smallest absolute Gasteiger partial charge is 0.323 e. The lowest BCUT2D eigenvalue weighted by Gasteiger charge is -2.34. The average molecular weight is 280 g/mol. The molecular formula is C16H28N2O2. The highest BCUT2D eigenvalue weighted by molar-refractivity contribution is 5.79. The summed E-state index contributed by atoms with van der Waals surface area (Å²) < 4.78 is 0. The summed E-state index contributed by atoms with van der Waals surface area (Å²) in [5, 5.41) is 13.1. The molecule has 114 valence electrons. The van der Waals surface area contributed by atoms with Crippen LogP contribution in [0, 0.1) is 5.92 Å². The second kappa shape index (κ2) is 5.30. The third kappa shape index (κ3) is 3.01. The lowest BCUT2D eigenvalue weighted by atomic mass is 9.96. The van der Waals surface area contributed by atoms with E-state index >= 15 is 0 Å². The van der Waals surface area contributed by atoms with Crippen molar-refractivity contribution in [1.82, 2.24) is 10.2 Å². The fraction of sp³-hybridized carbons (Fsp3) is 0.938. The number of rotatable bonds is 7. The van der Waals surface area contributed by atoms with Crippen LogP contribution in [0.3, 0.4) is 0 Å². The standard InChI is InChI=1S/C16H28N2O2/c1-11(2)18(10-12-3-4-12)14-7-8-16(9-14,15(19)20)17-13-5-6-13/h11-14,17H,3-10H2,1-2H3,(H,19,20). The van der Waals surface area contributed by atoms with Crippen LogP contribution in [-0.2, 0) is 4.79 Å². The van der Waals surface area contributed by atoms with Gasteiger partial charge in [0.25, 0.3) is 0 Å². The van der Waals surface area contributed by atoms with Crippen LogP contribution < -0.4 is 5.32 Å². The predicted molar refractivity (Wildman–Crippen MR) is 78.7 cm³/mol. The first-order valence-corrected chi connectivity index (χ1v) is 8.27. The molecule has 3 aliphatic rings. The number of carboxylic acid groups (broad SMARTS) is 1. The quantitative estimate of drug-likeness (QED) is 0.751. The third-order valence-electron chi connectivity index (χ3n) is 5.25. The molecule has 0 aliphatic heterocycles. The van der Waals surface area contributed by atoms with Gasteiger partial charge in [0.15, 0.2) is 0 Å². The van der Waals surface area contributed by atoms with Gasteiger partial charge in [0, 0.05) is 24.7 Å². The average Bonchev–Trinajstić information content (AvgIpc) is 3.28. The van der Waals surface area contributed by atoms with Crippen molar-refractivity contribution in [2.75, 3.05) is 6.54 Å². The first kappa shape index (κ1) is 14.3. The maximum atomic E-state index is 11.8. The van der Waals surface area contributed by atoms with Crippen LogP contribution in [0.25, 0.3) is 0 Å². The molecule has 0 aromatic carbocycles. The Hall–Kier alpha value is -0.610. The highest BCUT2D eigenvalue weighted by Gasteiger charge is 2.49. The zero-order valence-electron chi connectivity index (χ0n) is 12.8. The Labute approximate surface area is 121 Å². The van der Waals surface area contributed by atoms with E-state index in [1.165, 1.54) is 19.4 Å². The van der Waals surface area contributed by atoms with Gasteiger partial charge in [-0.2, -0.15) is 0 Å². The van der Waals surface area contributed by atoms with E-state index < -0.39 is 11.5 Å². The molecule has 0 spiro atoms.